The van der Waals surface area contributed by atoms with E-state index in [1.807, 2.05) is 18.2 Å². The number of carboxylic acid groups (broad SMARTS) is 1. The van der Waals surface area contributed by atoms with Crippen molar-refractivity contribution in [2.45, 2.75) is 19.4 Å². The first-order valence-corrected chi connectivity index (χ1v) is 7.87. The first kappa shape index (κ1) is 16.0. The predicted octanol–water partition coefficient (Wildman–Crippen LogP) is 1.82. The lowest BCUT2D eigenvalue weighted by Crippen LogP contribution is -2.50. The van der Waals surface area contributed by atoms with Crippen molar-refractivity contribution in [1.82, 2.24) is 10.3 Å². The van der Waals surface area contributed by atoms with Crippen molar-refractivity contribution in [3.63, 3.8) is 0 Å². The molecule has 0 bridgehead atoms. The van der Waals surface area contributed by atoms with E-state index < -0.39 is 12.0 Å². The molecule has 0 radical (unpaired) electrons. The molecule has 4 N–H and O–H groups in total. The van der Waals surface area contributed by atoms with Crippen molar-refractivity contribution in [3.05, 3.63) is 36.0 Å². The number of rotatable bonds is 3. The molecular formula is C17H20N4O3. The molecule has 1 aromatic heterocycles. The zero-order chi connectivity index (χ0) is 17.3. The van der Waals surface area contributed by atoms with Crippen molar-refractivity contribution in [3.8, 4) is 0 Å². The van der Waals surface area contributed by atoms with Crippen LogP contribution in [0.25, 0.3) is 10.9 Å². The molecule has 1 aliphatic heterocycles. The van der Waals surface area contributed by atoms with E-state index in [1.54, 1.807) is 12.3 Å². The van der Waals surface area contributed by atoms with Gasteiger partial charge in [-0.2, -0.15) is 0 Å². The number of anilines is 1. The lowest BCUT2D eigenvalue weighted by molar-refractivity contribution is 0.100. The first-order chi connectivity index (χ1) is 11.5. The number of amides is 2. The predicted molar refractivity (Wildman–Crippen MR) is 91.2 cm³/mol. The number of carbonyl (C=O) groups excluding carboxylic acids is 1. The summed E-state index contributed by atoms with van der Waals surface area (Å²) in [5.74, 6) is -0.166. The molecule has 1 aromatic carbocycles. The van der Waals surface area contributed by atoms with E-state index in [9.17, 15) is 9.59 Å². The molecule has 126 valence electrons. The minimum Gasteiger partial charge on any atom is -0.465 e. The fourth-order valence-electron chi connectivity index (χ4n) is 3.46. The Balaban J connectivity index is 2.01. The standard InChI is InChI=1S/C17H20N4O3/c1-10-7-11(20-17(23)24)9-21(8-10)14-5-4-13(16(18)22)15-12(14)3-2-6-19-15/h2-6,10-11,20H,7-9H2,1H3,(H2,18,22)(H,23,24)/t10-,11+/m0/s1. The number of pyridine rings is 1. The minimum atomic E-state index is -1.01. The van der Waals surface area contributed by atoms with Crippen molar-refractivity contribution in [2.24, 2.45) is 11.7 Å². The van der Waals surface area contributed by atoms with Crippen LogP contribution in [0.2, 0.25) is 0 Å². The van der Waals surface area contributed by atoms with Crippen molar-refractivity contribution in [2.75, 3.05) is 18.0 Å². The molecule has 2 heterocycles. The maximum Gasteiger partial charge on any atom is 0.404 e. The third-order valence-corrected chi connectivity index (χ3v) is 4.34. The maximum absolute atomic E-state index is 11.6. The van der Waals surface area contributed by atoms with E-state index in [0.29, 0.717) is 23.5 Å². The number of fused-ring (bicyclic) bond motifs is 1. The van der Waals surface area contributed by atoms with Crippen LogP contribution in [0.1, 0.15) is 23.7 Å². The van der Waals surface area contributed by atoms with Gasteiger partial charge < -0.3 is 21.1 Å². The van der Waals surface area contributed by atoms with Gasteiger partial charge in [0.1, 0.15) is 0 Å². The molecule has 7 heteroatoms. The van der Waals surface area contributed by atoms with Gasteiger partial charge in [-0.1, -0.05) is 6.92 Å². The number of nitrogens with zero attached hydrogens (tertiary/aromatic N) is 2. The summed E-state index contributed by atoms with van der Waals surface area (Å²) in [7, 11) is 0. The van der Waals surface area contributed by atoms with Crippen molar-refractivity contribution >= 4 is 28.6 Å². The van der Waals surface area contributed by atoms with E-state index in [1.165, 1.54) is 0 Å². The highest BCUT2D eigenvalue weighted by Gasteiger charge is 2.27. The van der Waals surface area contributed by atoms with Crippen LogP contribution >= 0.6 is 0 Å². The summed E-state index contributed by atoms with van der Waals surface area (Å²) in [6, 6.07) is 7.14. The number of nitrogens with two attached hydrogens (primary N) is 1. The Kier molecular flexibility index (Phi) is 4.24. The van der Waals surface area contributed by atoms with Crippen LogP contribution in [-0.2, 0) is 0 Å². The van der Waals surface area contributed by atoms with Gasteiger partial charge in [-0.15, -0.1) is 0 Å². The van der Waals surface area contributed by atoms with E-state index in [0.717, 1.165) is 24.0 Å². The van der Waals surface area contributed by atoms with Crippen LogP contribution in [0.3, 0.4) is 0 Å². The zero-order valence-electron chi connectivity index (χ0n) is 13.4. The monoisotopic (exact) mass is 328 g/mol. The Morgan fingerprint density at radius 3 is 2.83 bits per heavy atom. The summed E-state index contributed by atoms with van der Waals surface area (Å²) in [5.41, 5.74) is 7.34. The first-order valence-electron chi connectivity index (χ1n) is 7.87. The highest BCUT2D eigenvalue weighted by atomic mass is 16.4. The van der Waals surface area contributed by atoms with Crippen LogP contribution in [-0.4, -0.2) is 41.2 Å². The second kappa shape index (κ2) is 6.35. The fourth-order valence-corrected chi connectivity index (χ4v) is 3.46. The molecule has 7 nitrogen and oxygen atoms in total. The molecule has 2 aromatic rings. The molecule has 1 aliphatic rings. The average Bonchev–Trinajstić information content (AvgIpc) is 2.52. The molecule has 0 unspecified atom stereocenters. The van der Waals surface area contributed by atoms with E-state index in [2.05, 4.69) is 22.1 Å². The van der Waals surface area contributed by atoms with Crippen molar-refractivity contribution in [1.29, 1.82) is 0 Å². The number of aromatic nitrogens is 1. The SMILES string of the molecule is C[C@H]1C[C@@H](NC(=O)O)CN(c2ccc(C(N)=O)c3ncccc23)C1. The number of carbonyl (C=O) groups is 2. The average molecular weight is 328 g/mol. The Morgan fingerprint density at radius 2 is 2.12 bits per heavy atom. The molecule has 2 atom stereocenters. The van der Waals surface area contributed by atoms with Gasteiger partial charge in [-0.3, -0.25) is 9.78 Å². The summed E-state index contributed by atoms with van der Waals surface area (Å²) in [4.78, 5) is 29.0. The lowest BCUT2D eigenvalue weighted by Gasteiger charge is -2.38. The molecule has 1 saturated heterocycles. The van der Waals surface area contributed by atoms with Gasteiger partial charge in [0.15, 0.2) is 0 Å². The van der Waals surface area contributed by atoms with Crippen LogP contribution in [0.4, 0.5) is 10.5 Å². The Hall–Kier alpha value is -2.83. The summed E-state index contributed by atoms with van der Waals surface area (Å²) in [6.45, 7) is 3.50. The van der Waals surface area contributed by atoms with Gasteiger partial charge in [-0.25, -0.2) is 4.79 Å². The van der Waals surface area contributed by atoms with Gasteiger partial charge in [0.25, 0.3) is 5.91 Å². The second-order valence-electron chi connectivity index (χ2n) is 6.29. The third kappa shape index (κ3) is 3.10. The quantitative estimate of drug-likeness (QED) is 0.796. The summed E-state index contributed by atoms with van der Waals surface area (Å²) < 4.78 is 0. The highest BCUT2D eigenvalue weighted by Crippen LogP contribution is 2.31. The summed E-state index contributed by atoms with van der Waals surface area (Å²) in [6.07, 6.45) is 1.43. The third-order valence-electron chi connectivity index (χ3n) is 4.34. The maximum atomic E-state index is 11.6. The molecule has 0 saturated carbocycles. The largest absolute Gasteiger partial charge is 0.465 e. The smallest absolute Gasteiger partial charge is 0.404 e. The van der Waals surface area contributed by atoms with Gasteiger partial charge in [0, 0.05) is 36.4 Å². The Morgan fingerprint density at radius 1 is 1.33 bits per heavy atom. The highest BCUT2D eigenvalue weighted by molar-refractivity contribution is 6.08. The van der Waals surface area contributed by atoms with Crippen LogP contribution in [0.5, 0.6) is 0 Å². The number of piperidine rings is 1. The zero-order valence-corrected chi connectivity index (χ0v) is 13.4. The Labute approximate surface area is 139 Å². The summed E-state index contributed by atoms with van der Waals surface area (Å²) in [5, 5.41) is 12.4. The number of primary amides is 1. The molecule has 24 heavy (non-hydrogen) atoms. The minimum absolute atomic E-state index is 0.131. The Bertz CT molecular complexity index is 792. The molecule has 0 aliphatic carbocycles. The fraction of sp³-hybridized carbons (Fsp3) is 0.353. The molecular weight excluding hydrogens is 308 g/mol. The molecule has 3 rings (SSSR count). The number of hydrogen-bond donors (Lipinski definition) is 3. The van der Waals surface area contributed by atoms with Gasteiger partial charge >= 0.3 is 6.09 Å². The molecule has 1 fully saturated rings. The molecule has 2 amide bonds. The van der Waals surface area contributed by atoms with E-state index in [4.69, 9.17) is 10.8 Å². The normalized spacial score (nSPS) is 20.8. The van der Waals surface area contributed by atoms with Crippen molar-refractivity contribution < 1.29 is 14.7 Å². The van der Waals surface area contributed by atoms with Crippen LogP contribution in [0, 0.1) is 5.92 Å². The summed E-state index contributed by atoms with van der Waals surface area (Å²) >= 11 is 0. The van der Waals surface area contributed by atoms with Gasteiger partial charge in [0.2, 0.25) is 0 Å². The number of benzene rings is 1. The van der Waals surface area contributed by atoms with E-state index in [-0.39, 0.29) is 6.04 Å². The topological polar surface area (TPSA) is 109 Å². The lowest BCUT2D eigenvalue weighted by atomic mass is 9.94. The van der Waals surface area contributed by atoms with Gasteiger partial charge in [-0.05, 0) is 36.6 Å². The van der Waals surface area contributed by atoms with Gasteiger partial charge in [0.05, 0.1) is 11.1 Å². The number of nitrogens with one attached hydrogen (secondary N) is 1. The van der Waals surface area contributed by atoms with Crippen LogP contribution in [0.15, 0.2) is 30.5 Å². The van der Waals surface area contributed by atoms with E-state index >= 15 is 0 Å². The number of hydrogen-bond acceptors (Lipinski definition) is 4. The second-order valence-corrected chi connectivity index (χ2v) is 6.29. The van der Waals surface area contributed by atoms with Crippen LogP contribution < -0.4 is 16.0 Å². The molecule has 0 spiro atoms.